The number of pyridine rings is 1. The van der Waals surface area contributed by atoms with Crippen molar-refractivity contribution in [3.05, 3.63) is 60.1 Å². The van der Waals surface area contributed by atoms with Gasteiger partial charge in [0.25, 0.3) is 0 Å². The lowest BCUT2D eigenvalue weighted by Crippen LogP contribution is -2.39. The number of amides is 2. The van der Waals surface area contributed by atoms with Gasteiger partial charge in [-0.1, -0.05) is 18.2 Å². The summed E-state index contributed by atoms with van der Waals surface area (Å²) in [6.07, 6.45) is 6.84. The normalized spacial score (nSPS) is 15.3. The molecule has 2 amide bonds. The molecule has 2 heterocycles. The highest BCUT2D eigenvalue weighted by Gasteiger charge is 2.24. The number of halogens is 1. The van der Waals surface area contributed by atoms with Crippen LogP contribution in [-0.2, 0) is 9.59 Å². The predicted molar refractivity (Wildman–Crippen MR) is 89.2 cm³/mol. The fourth-order valence-corrected chi connectivity index (χ4v) is 2.59. The quantitative estimate of drug-likeness (QED) is 0.810. The lowest BCUT2D eigenvalue weighted by atomic mass is 10.1. The molecule has 1 aliphatic rings. The first-order valence-corrected chi connectivity index (χ1v) is 7.85. The van der Waals surface area contributed by atoms with Crippen molar-refractivity contribution in [1.82, 2.24) is 9.88 Å². The van der Waals surface area contributed by atoms with E-state index in [0.29, 0.717) is 19.3 Å². The molecule has 3 rings (SSSR count). The Labute approximate surface area is 139 Å². The van der Waals surface area contributed by atoms with E-state index in [2.05, 4.69) is 4.98 Å². The van der Waals surface area contributed by atoms with Crippen LogP contribution in [0.15, 0.2) is 48.7 Å². The molecule has 2 aromatic rings. The fourth-order valence-electron chi connectivity index (χ4n) is 2.59. The number of imide groups is 1. The number of nitrogens with zero attached hydrogens (tertiary/aromatic N) is 2. The smallest absolute Gasteiger partial charge is 0.229 e. The molecule has 1 aromatic carbocycles. The Balaban J connectivity index is 1.64. The fraction of sp³-hybridized carbons (Fsp3) is 0.211. The molecular formula is C19H17FN2O2. The van der Waals surface area contributed by atoms with Crippen molar-refractivity contribution < 1.29 is 14.0 Å². The zero-order valence-corrected chi connectivity index (χ0v) is 13.1. The number of aromatic nitrogens is 1. The van der Waals surface area contributed by atoms with Crippen LogP contribution >= 0.6 is 0 Å². The predicted octanol–water partition coefficient (Wildman–Crippen LogP) is 3.44. The highest BCUT2D eigenvalue weighted by molar-refractivity contribution is 5.97. The second-order valence-corrected chi connectivity index (χ2v) is 5.64. The van der Waals surface area contributed by atoms with Crippen molar-refractivity contribution in [3.63, 3.8) is 0 Å². The van der Waals surface area contributed by atoms with E-state index < -0.39 is 0 Å². The highest BCUT2D eigenvalue weighted by atomic mass is 19.1. The Morgan fingerprint density at radius 3 is 2.38 bits per heavy atom. The van der Waals surface area contributed by atoms with Crippen molar-refractivity contribution in [2.45, 2.75) is 19.3 Å². The third-order valence-electron chi connectivity index (χ3n) is 3.91. The third-order valence-corrected chi connectivity index (χ3v) is 3.91. The molecule has 4 nitrogen and oxygen atoms in total. The van der Waals surface area contributed by atoms with Gasteiger partial charge < -0.3 is 0 Å². The van der Waals surface area contributed by atoms with Gasteiger partial charge in [-0.25, -0.2) is 4.39 Å². The highest BCUT2D eigenvalue weighted by Crippen LogP contribution is 2.18. The Morgan fingerprint density at radius 1 is 1.04 bits per heavy atom. The van der Waals surface area contributed by atoms with Gasteiger partial charge in [0.2, 0.25) is 11.8 Å². The topological polar surface area (TPSA) is 50.3 Å². The monoisotopic (exact) mass is 324 g/mol. The average molecular weight is 324 g/mol. The molecular weight excluding hydrogens is 307 g/mol. The summed E-state index contributed by atoms with van der Waals surface area (Å²) in [6.45, 7) is 0.289. The molecule has 0 atom stereocenters. The second kappa shape index (κ2) is 7.17. The van der Waals surface area contributed by atoms with Crippen LogP contribution in [0.5, 0.6) is 0 Å². The zero-order chi connectivity index (χ0) is 16.9. The Kier molecular flexibility index (Phi) is 4.79. The second-order valence-electron chi connectivity index (χ2n) is 5.64. The van der Waals surface area contributed by atoms with E-state index in [1.54, 1.807) is 24.4 Å². The number of carbonyl (C=O) groups is 2. The lowest BCUT2D eigenvalue weighted by molar-refractivity contribution is -0.147. The first-order valence-electron chi connectivity index (χ1n) is 7.85. The first kappa shape index (κ1) is 16.1. The van der Waals surface area contributed by atoms with E-state index in [0.717, 1.165) is 16.8 Å². The number of benzene rings is 1. The van der Waals surface area contributed by atoms with Gasteiger partial charge in [0.1, 0.15) is 5.82 Å². The van der Waals surface area contributed by atoms with Gasteiger partial charge in [0.15, 0.2) is 0 Å². The minimum Gasteiger partial charge on any atom is -0.279 e. The van der Waals surface area contributed by atoms with Crippen molar-refractivity contribution in [1.29, 1.82) is 0 Å². The lowest BCUT2D eigenvalue weighted by Gasteiger charge is -2.23. The van der Waals surface area contributed by atoms with Gasteiger partial charge in [0, 0.05) is 31.1 Å². The van der Waals surface area contributed by atoms with Crippen LogP contribution in [-0.4, -0.2) is 28.2 Å². The molecule has 0 radical (unpaired) electrons. The number of rotatable bonds is 4. The van der Waals surface area contributed by atoms with Crippen molar-refractivity contribution in [2.75, 3.05) is 6.54 Å². The summed E-state index contributed by atoms with van der Waals surface area (Å²) >= 11 is 0. The largest absolute Gasteiger partial charge is 0.279 e. The maximum absolute atomic E-state index is 12.9. The summed E-state index contributed by atoms with van der Waals surface area (Å²) in [6, 6.07) is 9.91. The SMILES string of the molecule is O=C1CCCC(=O)N1C/C=C/c1ccc(-c2ccc(F)cc2)nc1. The van der Waals surface area contributed by atoms with Crippen LogP contribution < -0.4 is 0 Å². The van der Waals surface area contributed by atoms with Gasteiger partial charge >= 0.3 is 0 Å². The van der Waals surface area contributed by atoms with Crippen LogP contribution in [0.3, 0.4) is 0 Å². The molecule has 1 fully saturated rings. The van der Waals surface area contributed by atoms with Gasteiger partial charge in [-0.05, 0) is 42.3 Å². The van der Waals surface area contributed by atoms with E-state index in [-0.39, 0.29) is 24.2 Å². The molecule has 0 spiro atoms. The van der Waals surface area contributed by atoms with Crippen LogP contribution in [0, 0.1) is 5.82 Å². The molecule has 5 heteroatoms. The molecule has 1 aromatic heterocycles. The molecule has 1 saturated heterocycles. The maximum Gasteiger partial charge on any atom is 0.229 e. The first-order chi connectivity index (χ1) is 11.6. The molecule has 0 unspecified atom stereocenters. The summed E-state index contributed by atoms with van der Waals surface area (Å²) in [5.74, 6) is -0.499. The van der Waals surface area contributed by atoms with E-state index >= 15 is 0 Å². The van der Waals surface area contributed by atoms with Crippen molar-refractivity contribution >= 4 is 17.9 Å². The van der Waals surface area contributed by atoms with Crippen LogP contribution in [0.2, 0.25) is 0 Å². The standard InChI is InChI=1S/C19H17FN2O2/c20-16-9-7-15(8-10-16)17-11-6-14(13-21-17)3-2-12-22-18(23)4-1-5-19(22)24/h2-3,6-11,13H,1,4-5,12H2/b3-2+. The van der Waals surface area contributed by atoms with E-state index in [1.165, 1.54) is 17.0 Å². The van der Waals surface area contributed by atoms with Crippen LogP contribution in [0.1, 0.15) is 24.8 Å². The molecule has 0 bridgehead atoms. The zero-order valence-electron chi connectivity index (χ0n) is 13.1. The van der Waals surface area contributed by atoms with Gasteiger partial charge in [-0.3, -0.25) is 19.5 Å². The minimum absolute atomic E-state index is 0.110. The number of likely N-dealkylation sites (tertiary alicyclic amines) is 1. The number of hydrogen-bond donors (Lipinski definition) is 0. The maximum atomic E-state index is 12.9. The summed E-state index contributed by atoms with van der Waals surface area (Å²) in [7, 11) is 0. The Morgan fingerprint density at radius 2 is 1.75 bits per heavy atom. The molecule has 0 N–H and O–H groups in total. The van der Waals surface area contributed by atoms with Gasteiger partial charge in [0.05, 0.1) is 5.69 Å². The molecule has 0 aliphatic carbocycles. The Bertz CT molecular complexity index is 751. The number of hydrogen-bond acceptors (Lipinski definition) is 3. The van der Waals surface area contributed by atoms with Gasteiger partial charge in [-0.15, -0.1) is 0 Å². The van der Waals surface area contributed by atoms with Crippen LogP contribution in [0.4, 0.5) is 4.39 Å². The van der Waals surface area contributed by atoms with Crippen LogP contribution in [0.25, 0.3) is 17.3 Å². The number of carbonyl (C=O) groups excluding carboxylic acids is 2. The summed E-state index contributed by atoms with van der Waals surface area (Å²) in [4.78, 5) is 29.1. The summed E-state index contributed by atoms with van der Waals surface area (Å²) in [5.41, 5.74) is 2.47. The summed E-state index contributed by atoms with van der Waals surface area (Å²) in [5, 5.41) is 0. The van der Waals surface area contributed by atoms with Gasteiger partial charge in [-0.2, -0.15) is 0 Å². The van der Waals surface area contributed by atoms with E-state index in [9.17, 15) is 14.0 Å². The molecule has 24 heavy (non-hydrogen) atoms. The molecule has 0 saturated carbocycles. The Hall–Kier alpha value is -2.82. The van der Waals surface area contributed by atoms with Crippen molar-refractivity contribution in [3.8, 4) is 11.3 Å². The van der Waals surface area contributed by atoms with Crippen molar-refractivity contribution in [2.24, 2.45) is 0 Å². The molecule has 1 aliphatic heterocycles. The van der Waals surface area contributed by atoms with E-state index in [1.807, 2.05) is 18.2 Å². The van der Waals surface area contributed by atoms with E-state index in [4.69, 9.17) is 0 Å². The summed E-state index contributed by atoms with van der Waals surface area (Å²) < 4.78 is 12.9. The number of piperidine rings is 1. The third kappa shape index (κ3) is 3.74. The molecule has 122 valence electrons. The minimum atomic E-state index is -0.278. The average Bonchev–Trinajstić information content (AvgIpc) is 2.59.